The van der Waals surface area contributed by atoms with Crippen molar-refractivity contribution in [3.8, 4) is 0 Å². The summed E-state index contributed by atoms with van der Waals surface area (Å²) in [7, 11) is 0. The minimum atomic E-state index is 0.151. The van der Waals surface area contributed by atoms with Crippen LogP contribution >= 0.6 is 15.9 Å². The van der Waals surface area contributed by atoms with E-state index < -0.39 is 0 Å². The lowest BCUT2D eigenvalue weighted by atomic mass is 10.1. The molecule has 18 heavy (non-hydrogen) atoms. The summed E-state index contributed by atoms with van der Waals surface area (Å²) in [5, 5.41) is 6.32. The molecule has 0 radical (unpaired) electrons. The lowest BCUT2D eigenvalue weighted by molar-refractivity contribution is -0.121. The first-order valence-corrected chi connectivity index (χ1v) is 7.26. The van der Waals surface area contributed by atoms with Gasteiger partial charge < -0.3 is 10.6 Å². The van der Waals surface area contributed by atoms with Gasteiger partial charge in [0, 0.05) is 17.4 Å². The highest BCUT2D eigenvalue weighted by molar-refractivity contribution is 9.10. The van der Waals surface area contributed by atoms with E-state index in [2.05, 4.69) is 32.6 Å². The molecule has 1 amide bonds. The summed E-state index contributed by atoms with van der Waals surface area (Å²) in [6.07, 6.45) is 2.52. The number of halogens is 1. The minimum absolute atomic E-state index is 0.151. The molecule has 1 aliphatic heterocycles. The number of hydrogen-bond acceptors (Lipinski definition) is 2. The normalized spacial score (nSPS) is 18.8. The Kier molecular flexibility index (Phi) is 5.20. The van der Waals surface area contributed by atoms with Crippen LogP contribution in [0.5, 0.6) is 0 Å². The molecule has 0 aromatic heterocycles. The molecule has 1 aromatic rings. The molecular formula is C14H19BrN2O. The van der Waals surface area contributed by atoms with Crippen LogP contribution in [0.25, 0.3) is 0 Å². The van der Waals surface area contributed by atoms with E-state index in [0.717, 1.165) is 30.5 Å². The molecule has 0 bridgehead atoms. The largest absolute Gasteiger partial charge is 0.356 e. The lowest BCUT2D eigenvalue weighted by Gasteiger charge is -2.10. The first kappa shape index (κ1) is 13.6. The van der Waals surface area contributed by atoms with Crippen molar-refractivity contribution >= 4 is 21.8 Å². The second kappa shape index (κ2) is 6.90. The number of hydrogen-bond donors (Lipinski definition) is 2. The summed E-state index contributed by atoms with van der Waals surface area (Å²) in [5.41, 5.74) is 1.19. The maximum Gasteiger partial charge on any atom is 0.220 e. The van der Waals surface area contributed by atoms with E-state index in [1.165, 1.54) is 12.0 Å². The van der Waals surface area contributed by atoms with E-state index in [4.69, 9.17) is 0 Å². The Hall–Kier alpha value is -0.870. The Morgan fingerprint density at radius 2 is 2.28 bits per heavy atom. The Balaban J connectivity index is 1.69. The van der Waals surface area contributed by atoms with Gasteiger partial charge in [0.05, 0.1) is 0 Å². The van der Waals surface area contributed by atoms with E-state index in [1.807, 2.05) is 18.2 Å². The zero-order valence-electron chi connectivity index (χ0n) is 10.4. The van der Waals surface area contributed by atoms with Gasteiger partial charge in [-0.15, -0.1) is 0 Å². The van der Waals surface area contributed by atoms with Crippen LogP contribution in [0, 0.1) is 5.92 Å². The van der Waals surface area contributed by atoms with Crippen LogP contribution < -0.4 is 10.6 Å². The first-order chi connectivity index (χ1) is 8.75. The maximum absolute atomic E-state index is 11.7. The SMILES string of the molecule is O=C(CCc1ccccc1Br)NCC1CCNC1. The predicted octanol–water partition coefficient (Wildman–Crippen LogP) is 2.11. The number of amides is 1. The summed E-state index contributed by atoms with van der Waals surface area (Å²) < 4.78 is 1.08. The van der Waals surface area contributed by atoms with Gasteiger partial charge in [-0.25, -0.2) is 0 Å². The van der Waals surface area contributed by atoms with E-state index in [9.17, 15) is 4.79 Å². The molecule has 1 fully saturated rings. The summed E-state index contributed by atoms with van der Waals surface area (Å²) in [4.78, 5) is 11.7. The van der Waals surface area contributed by atoms with Crippen LogP contribution in [0.3, 0.4) is 0 Å². The van der Waals surface area contributed by atoms with Gasteiger partial charge in [0.1, 0.15) is 0 Å². The highest BCUT2D eigenvalue weighted by Gasteiger charge is 2.15. The maximum atomic E-state index is 11.7. The lowest BCUT2D eigenvalue weighted by Crippen LogP contribution is -2.30. The molecule has 0 aliphatic carbocycles. The van der Waals surface area contributed by atoms with E-state index in [-0.39, 0.29) is 5.91 Å². The van der Waals surface area contributed by atoms with Crippen molar-refractivity contribution in [2.24, 2.45) is 5.92 Å². The standard InChI is InChI=1S/C14H19BrN2O/c15-13-4-2-1-3-12(13)5-6-14(18)17-10-11-7-8-16-9-11/h1-4,11,16H,5-10H2,(H,17,18). The smallest absolute Gasteiger partial charge is 0.220 e. The summed E-state index contributed by atoms with van der Waals surface area (Å²) >= 11 is 3.50. The van der Waals surface area contributed by atoms with Crippen molar-refractivity contribution in [1.29, 1.82) is 0 Å². The molecule has 0 spiro atoms. The zero-order valence-corrected chi connectivity index (χ0v) is 12.0. The quantitative estimate of drug-likeness (QED) is 0.874. The molecule has 2 N–H and O–H groups in total. The highest BCUT2D eigenvalue weighted by Crippen LogP contribution is 2.17. The Labute approximate surface area is 116 Å². The Morgan fingerprint density at radius 3 is 3.00 bits per heavy atom. The third-order valence-electron chi connectivity index (χ3n) is 3.33. The van der Waals surface area contributed by atoms with Gasteiger partial charge in [-0.3, -0.25) is 4.79 Å². The fraction of sp³-hybridized carbons (Fsp3) is 0.500. The molecule has 98 valence electrons. The Bertz CT molecular complexity index is 403. The summed E-state index contributed by atoms with van der Waals surface area (Å²) in [6, 6.07) is 8.05. The zero-order chi connectivity index (χ0) is 12.8. The number of carbonyl (C=O) groups is 1. The number of benzene rings is 1. The molecule has 1 heterocycles. The van der Waals surface area contributed by atoms with Crippen LogP contribution in [0.15, 0.2) is 28.7 Å². The fourth-order valence-electron chi connectivity index (χ4n) is 2.18. The van der Waals surface area contributed by atoms with Gasteiger partial charge in [0.15, 0.2) is 0 Å². The van der Waals surface area contributed by atoms with Crippen molar-refractivity contribution < 1.29 is 4.79 Å². The third-order valence-corrected chi connectivity index (χ3v) is 4.10. The number of carbonyl (C=O) groups excluding carboxylic acids is 1. The molecule has 1 atom stereocenters. The molecule has 3 nitrogen and oxygen atoms in total. The second-order valence-corrected chi connectivity index (χ2v) is 5.61. The molecule has 0 saturated carbocycles. The van der Waals surface area contributed by atoms with Crippen LogP contribution in [0.2, 0.25) is 0 Å². The van der Waals surface area contributed by atoms with Gasteiger partial charge in [-0.2, -0.15) is 0 Å². The van der Waals surface area contributed by atoms with Crippen molar-refractivity contribution in [3.05, 3.63) is 34.3 Å². The number of nitrogens with one attached hydrogen (secondary N) is 2. The van der Waals surface area contributed by atoms with Gasteiger partial charge in [-0.05, 0) is 43.5 Å². The van der Waals surface area contributed by atoms with Gasteiger partial charge in [0.2, 0.25) is 5.91 Å². The van der Waals surface area contributed by atoms with Crippen molar-refractivity contribution in [3.63, 3.8) is 0 Å². The van der Waals surface area contributed by atoms with Crippen molar-refractivity contribution in [2.75, 3.05) is 19.6 Å². The van der Waals surface area contributed by atoms with Crippen molar-refractivity contribution in [2.45, 2.75) is 19.3 Å². The molecule has 2 rings (SSSR count). The number of aryl methyl sites for hydroxylation is 1. The first-order valence-electron chi connectivity index (χ1n) is 6.46. The monoisotopic (exact) mass is 310 g/mol. The van der Waals surface area contributed by atoms with Gasteiger partial charge in [0.25, 0.3) is 0 Å². The van der Waals surface area contributed by atoms with Crippen LogP contribution in [-0.2, 0) is 11.2 Å². The molecule has 1 saturated heterocycles. The van der Waals surface area contributed by atoms with Crippen molar-refractivity contribution in [1.82, 2.24) is 10.6 Å². The predicted molar refractivity (Wildman–Crippen MR) is 76.4 cm³/mol. The summed E-state index contributed by atoms with van der Waals surface area (Å²) in [6.45, 7) is 2.92. The number of rotatable bonds is 5. The summed E-state index contributed by atoms with van der Waals surface area (Å²) in [5.74, 6) is 0.759. The highest BCUT2D eigenvalue weighted by atomic mass is 79.9. The molecule has 1 aliphatic rings. The molecule has 1 unspecified atom stereocenters. The fourth-order valence-corrected chi connectivity index (χ4v) is 2.67. The van der Waals surface area contributed by atoms with Crippen LogP contribution in [0.1, 0.15) is 18.4 Å². The van der Waals surface area contributed by atoms with Crippen LogP contribution in [-0.4, -0.2) is 25.5 Å². The third kappa shape index (κ3) is 4.10. The molecule has 1 aromatic carbocycles. The van der Waals surface area contributed by atoms with E-state index in [0.29, 0.717) is 12.3 Å². The van der Waals surface area contributed by atoms with E-state index in [1.54, 1.807) is 0 Å². The Morgan fingerprint density at radius 1 is 1.44 bits per heavy atom. The minimum Gasteiger partial charge on any atom is -0.356 e. The average molecular weight is 311 g/mol. The van der Waals surface area contributed by atoms with E-state index >= 15 is 0 Å². The topological polar surface area (TPSA) is 41.1 Å². The molecular weight excluding hydrogens is 292 g/mol. The van der Waals surface area contributed by atoms with Gasteiger partial charge in [-0.1, -0.05) is 34.1 Å². The second-order valence-electron chi connectivity index (χ2n) is 4.75. The average Bonchev–Trinajstić information content (AvgIpc) is 2.88. The van der Waals surface area contributed by atoms with Gasteiger partial charge >= 0.3 is 0 Å². The van der Waals surface area contributed by atoms with Crippen LogP contribution in [0.4, 0.5) is 0 Å². The molecule has 4 heteroatoms.